The summed E-state index contributed by atoms with van der Waals surface area (Å²) in [4.78, 5) is 2.42. The molecule has 0 bridgehead atoms. The van der Waals surface area contributed by atoms with Gasteiger partial charge in [0.15, 0.2) is 0 Å². The number of hydrogen-bond donors (Lipinski definition) is 1. The first kappa shape index (κ1) is 15.0. The highest BCUT2D eigenvalue weighted by molar-refractivity contribution is 5.40. The number of nitrogens with two attached hydrogens (primary N) is 1. The molecule has 1 unspecified atom stereocenters. The van der Waals surface area contributed by atoms with E-state index in [9.17, 15) is 0 Å². The van der Waals surface area contributed by atoms with E-state index in [4.69, 9.17) is 5.73 Å². The smallest absolute Gasteiger partial charge is 0.0319 e. The van der Waals surface area contributed by atoms with Crippen molar-refractivity contribution in [1.82, 2.24) is 4.90 Å². The van der Waals surface area contributed by atoms with Gasteiger partial charge in [0.1, 0.15) is 0 Å². The van der Waals surface area contributed by atoms with Gasteiger partial charge in [0.25, 0.3) is 0 Å². The van der Waals surface area contributed by atoms with Gasteiger partial charge < -0.3 is 5.73 Å². The lowest BCUT2D eigenvalue weighted by Crippen LogP contribution is -2.26. The van der Waals surface area contributed by atoms with Crippen LogP contribution in [0.2, 0.25) is 0 Å². The second kappa shape index (κ2) is 8.17. The van der Waals surface area contributed by atoms with E-state index in [0.29, 0.717) is 6.04 Å². The van der Waals surface area contributed by atoms with Gasteiger partial charge in [0, 0.05) is 11.7 Å². The minimum absolute atomic E-state index is 0.477. The van der Waals surface area contributed by atoms with Gasteiger partial charge in [-0.1, -0.05) is 39.8 Å². The van der Waals surface area contributed by atoms with Crippen molar-refractivity contribution in [1.29, 1.82) is 0 Å². The average molecular weight is 222 g/mol. The largest absolute Gasteiger partial charge is 0.399 e. The van der Waals surface area contributed by atoms with Gasteiger partial charge in [-0.2, -0.15) is 0 Å². The summed E-state index contributed by atoms with van der Waals surface area (Å²) in [5, 5.41) is 0. The maximum atomic E-state index is 5.65. The second-order valence-corrected chi connectivity index (χ2v) is 3.56. The molecule has 0 aliphatic carbocycles. The predicted molar refractivity (Wildman–Crippen MR) is 73.5 cm³/mol. The van der Waals surface area contributed by atoms with Crippen LogP contribution in [0, 0.1) is 0 Å². The van der Waals surface area contributed by atoms with Crippen LogP contribution in [0.1, 0.15) is 46.2 Å². The molecule has 1 aromatic carbocycles. The van der Waals surface area contributed by atoms with Crippen LogP contribution in [0.4, 0.5) is 5.69 Å². The Morgan fingerprint density at radius 1 is 1.06 bits per heavy atom. The molecule has 1 aromatic rings. The highest BCUT2D eigenvalue weighted by atomic mass is 15.1. The van der Waals surface area contributed by atoms with Crippen LogP contribution < -0.4 is 5.73 Å². The fourth-order valence-electron chi connectivity index (χ4n) is 1.76. The van der Waals surface area contributed by atoms with Crippen LogP contribution in [0.25, 0.3) is 0 Å². The maximum absolute atomic E-state index is 5.65. The Morgan fingerprint density at radius 2 is 1.50 bits per heavy atom. The molecular formula is C14H26N2. The molecule has 0 radical (unpaired) electrons. The van der Waals surface area contributed by atoms with E-state index in [1.807, 2.05) is 26.0 Å². The maximum Gasteiger partial charge on any atom is 0.0319 e. The van der Waals surface area contributed by atoms with Crippen molar-refractivity contribution in [2.75, 3.05) is 18.8 Å². The molecular weight excluding hydrogens is 196 g/mol. The van der Waals surface area contributed by atoms with Crippen LogP contribution in [0.3, 0.4) is 0 Å². The number of hydrogen-bond acceptors (Lipinski definition) is 2. The molecule has 0 aliphatic heterocycles. The molecule has 0 aromatic heterocycles. The normalized spacial score (nSPS) is 11.9. The number of rotatable bonds is 4. The Hall–Kier alpha value is -1.02. The van der Waals surface area contributed by atoms with Gasteiger partial charge in [-0.3, -0.25) is 4.90 Å². The van der Waals surface area contributed by atoms with Crippen LogP contribution in [-0.4, -0.2) is 18.0 Å². The molecule has 0 spiro atoms. The van der Waals surface area contributed by atoms with E-state index in [1.165, 1.54) is 5.56 Å². The van der Waals surface area contributed by atoms with Crippen molar-refractivity contribution >= 4 is 5.69 Å². The fourth-order valence-corrected chi connectivity index (χ4v) is 1.76. The van der Waals surface area contributed by atoms with E-state index in [-0.39, 0.29) is 0 Å². The standard InChI is InChI=1S/C12H20N2.C2H6/c1-4-14(5-2)10(3)11-6-8-12(13)9-7-11;1-2/h6-10H,4-5,13H2,1-3H3;1-2H3. The molecule has 0 amide bonds. The van der Waals surface area contributed by atoms with Crippen molar-refractivity contribution in [3.05, 3.63) is 29.8 Å². The topological polar surface area (TPSA) is 29.3 Å². The zero-order valence-electron chi connectivity index (χ0n) is 11.3. The summed E-state index contributed by atoms with van der Waals surface area (Å²) in [6.07, 6.45) is 0. The summed E-state index contributed by atoms with van der Waals surface area (Å²) in [5.74, 6) is 0. The summed E-state index contributed by atoms with van der Waals surface area (Å²) in [7, 11) is 0. The van der Waals surface area contributed by atoms with Gasteiger partial charge in [-0.15, -0.1) is 0 Å². The molecule has 0 saturated carbocycles. The number of anilines is 1. The summed E-state index contributed by atoms with van der Waals surface area (Å²) in [5.41, 5.74) is 7.82. The van der Waals surface area contributed by atoms with Gasteiger partial charge in [0.05, 0.1) is 0 Å². The zero-order valence-corrected chi connectivity index (χ0v) is 11.3. The third kappa shape index (κ3) is 4.23. The molecule has 0 saturated heterocycles. The minimum Gasteiger partial charge on any atom is -0.399 e. The lowest BCUT2D eigenvalue weighted by atomic mass is 10.1. The molecule has 92 valence electrons. The Bertz CT molecular complexity index is 263. The lowest BCUT2D eigenvalue weighted by molar-refractivity contribution is 0.234. The summed E-state index contributed by atoms with van der Waals surface area (Å²) in [6.45, 7) is 12.8. The highest BCUT2D eigenvalue weighted by Gasteiger charge is 2.11. The Morgan fingerprint density at radius 3 is 1.88 bits per heavy atom. The first-order chi connectivity index (χ1) is 7.69. The molecule has 1 rings (SSSR count). The molecule has 0 aliphatic rings. The van der Waals surface area contributed by atoms with Gasteiger partial charge in [0.2, 0.25) is 0 Å². The number of benzene rings is 1. The monoisotopic (exact) mass is 222 g/mol. The highest BCUT2D eigenvalue weighted by Crippen LogP contribution is 2.20. The van der Waals surface area contributed by atoms with Crippen molar-refractivity contribution < 1.29 is 0 Å². The van der Waals surface area contributed by atoms with Crippen molar-refractivity contribution in [2.45, 2.75) is 40.7 Å². The quantitative estimate of drug-likeness (QED) is 0.787. The predicted octanol–water partition coefficient (Wildman–Crippen LogP) is 3.70. The molecule has 2 N–H and O–H groups in total. The van der Waals surface area contributed by atoms with E-state index in [2.05, 4.69) is 37.8 Å². The van der Waals surface area contributed by atoms with Crippen molar-refractivity contribution in [2.24, 2.45) is 0 Å². The van der Waals surface area contributed by atoms with Gasteiger partial charge >= 0.3 is 0 Å². The third-order valence-electron chi connectivity index (χ3n) is 2.78. The number of nitrogen functional groups attached to an aromatic ring is 1. The SMILES string of the molecule is CC.CCN(CC)C(C)c1ccc(N)cc1. The van der Waals surface area contributed by atoms with Crippen LogP contribution in [0.15, 0.2) is 24.3 Å². The van der Waals surface area contributed by atoms with E-state index >= 15 is 0 Å². The zero-order chi connectivity index (χ0) is 12.6. The van der Waals surface area contributed by atoms with Gasteiger partial charge in [-0.05, 0) is 37.7 Å². The fraction of sp³-hybridized carbons (Fsp3) is 0.571. The van der Waals surface area contributed by atoms with E-state index in [0.717, 1.165) is 18.8 Å². The first-order valence-corrected chi connectivity index (χ1v) is 6.28. The Kier molecular flexibility index (Phi) is 7.65. The first-order valence-electron chi connectivity index (χ1n) is 6.28. The number of nitrogens with zero attached hydrogens (tertiary/aromatic N) is 1. The van der Waals surface area contributed by atoms with Crippen LogP contribution in [-0.2, 0) is 0 Å². The van der Waals surface area contributed by atoms with Crippen LogP contribution >= 0.6 is 0 Å². The summed E-state index contributed by atoms with van der Waals surface area (Å²) in [6, 6.07) is 8.63. The van der Waals surface area contributed by atoms with E-state index in [1.54, 1.807) is 0 Å². The minimum atomic E-state index is 0.477. The Labute approximate surface area is 100 Å². The molecule has 2 nitrogen and oxygen atoms in total. The third-order valence-corrected chi connectivity index (χ3v) is 2.78. The van der Waals surface area contributed by atoms with Gasteiger partial charge in [-0.25, -0.2) is 0 Å². The van der Waals surface area contributed by atoms with Crippen molar-refractivity contribution in [3.63, 3.8) is 0 Å². The molecule has 1 atom stereocenters. The molecule has 0 fully saturated rings. The average Bonchev–Trinajstić information content (AvgIpc) is 2.34. The molecule has 2 heteroatoms. The Balaban J connectivity index is 0.00000106. The molecule has 16 heavy (non-hydrogen) atoms. The summed E-state index contributed by atoms with van der Waals surface area (Å²) >= 11 is 0. The second-order valence-electron chi connectivity index (χ2n) is 3.56. The van der Waals surface area contributed by atoms with Crippen molar-refractivity contribution in [3.8, 4) is 0 Å². The lowest BCUT2D eigenvalue weighted by Gasteiger charge is -2.26. The summed E-state index contributed by atoms with van der Waals surface area (Å²) < 4.78 is 0. The van der Waals surface area contributed by atoms with E-state index < -0.39 is 0 Å². The van der Waals surface area contributed by atoms with Crippen LogP contribution in [0.5, 0.6) is 0 Å². The molecule has 0 heterocycles.